The van der Waals surface area contributed by atoms with Gasteiger partial charge in [0, 0.05) is 44.6 Å². The normalized spacial score (nSPS) is 17.0. The molecule has 2 aromatic rings. The minimum Gasteiger partial charge on any atom is -0.351 e. The van der Waals surface area contributed by atoms with Crippen LogP contribution in [0.25, 0.3) is 0 Å². The van der Waals surface area contributed by atoms with Crippen molar-refractivity contribution in [1.82, 2.24) is 25.3 Å². The highest BCUT2D eigenvalue weighted by Crippen LogP contribution is 2.10. The summed E-state index contributed by atoms with van der Waals surface area (Å²) in [4.78, 5) is 14.5. The number of rotatable bonds is 6. The van der Waals surface area contributed by atoms with Crippen molar-refractivity contribution in [1.29, 1.82) is 0 Å². The molecule has 1 fully saturated rings. The maximum absolute atomic E-state index is 12.3. The lowest BCUT2D eigenvalue weighted by atomic mass is 10.1. The fourth-order valence-corrected chi connectivity index (χ4v) is 3.00. The molecular formula is C18H27Cl2N5O. The van der Waals surface area contributed by atoms with Crippen molar-refractivity contribution in [2.75, 3.05) is 26.2 Å². The lowest BCUT2D eigenvalue weighted by Gasteiger charge is -2.33. The summed E-state index contributed by atoms with van der Waals surface area (Å²) in [6, 6.07) is 10.5. The van der Waals surface area contributed by atoms with Crippen LogP contribution in [-0.2, 0) is 17.9 Å². The summed E-state index contributed by atoms with van der Waals surface area (Å²) in [7, 11) is 0. The molecule has 0 bridgehead atoms. The van der Waals surface area contributed by atoms with Crippen LogP contribution < -0.4 is 10.6 Å². The molecule has 8 heteroatoms. The molecule has 1 atom stereocenters. The van der Waals surface area contributed by atoms with E-state index in [0.717, 1.165) is 25.2 Å². The molecule has 1 aliphatic rings. The van der Waals surface area contributed by atoms with E-state index in [-0.39, 0.29) is 30.7 Å². The van der Waals surface area contributed by atoms with Crippen molar-refractivity contribution in [2.24, 2.45) is 0 Å². The Labute approximate surface area is 167 Å². The third-order valence-corrected chi connectivity index (χ3v) is 4.47. The first-order chi connectivity index (χ1) is 11.7. The molecule has 144 valence electrons. The molecule has 1 aromatic heterocycles. The van der Waals surface area contributed by atoms with Crippen molar-refractivity contribution in [3.63, 3.8) is 0 Å². The number of nitrogens with zero attached hydrogens (tertiary/aromatic N) is 3. The molecule has 2 heterocycles. The summed E-state index contributed by atoms with van der Waals surface area (Å²) in [5, 5.41) is 10.6. The number of aromatic nitrogens is 2. The molecule has 2 N–H and O–H groups in total. The first kappa shape index (κ1) is 22.4. The fourth-order valence-electron chi connectivity index (χ4n) is 3.00. The molecular weight excluding hydrogens is 373 g/mol. The highest BCUT2D eigenvalue weighted by Gasteiger charge is 2.20. The van der Waals surface area contributed by atoms with Crippen molar-refractivity contribution >= 4 is 30.7 Å². The number of carbonyl (C=O) groups is 1. The minimum atomic E-state index is 0. The molecule has 6 nitrogen and oxygen atoms in total. The van der Waals surface area contributed by atoms with Crippen molar-refractivity contribution in [3.8, 4) is 0 Å². The predicted octanol–water partition coefficient (Wildman–Crippen LogP) is 1.68. The van der Waals surface area contributed by atoms with Gasteiger partial charge in [0.15, 0.2) is 0 Å². The summed E-state index contributed by atoms with van der Waals surface area (Å²) < 4.78 is 1.89. The second-order valence-corrected chi connectivity index (χ2v) is 6.27. The van der Waals surface area contributed by atoms with E-state index in [1.807, 2.05) is 29.1 Å². The Balaban J connectivity index is 0.00000169. The predicted molar refractivity (Wildman–Crippen MR) is 108 cm³/mol. The molecule has 0 saturated carbocycles. The number of hydrogen-bond acceptors (Lipinski definition) is 4. The van der Waals surface area contributed by atoms with Crippen molar-refractivity contribution < 1.29 is 4.79 Å². The maximum Gasteiger partial charge on any atom is 0.234 e. The zero-order chi connectivity index (χ0) is 16.8. The van der Waals surface area contributed by atoms with Gasteiger partial charge in [0.1, 0.15) is 0 Å². The molecule has 1 aromatic carbocycles. The Bertz CT molecular complexity index is 665. The Morgan fingerprint density at radius 2 is 2.04 bits per heavy atom. The number of benzene rings is 1. The SMILES string of the molecule is C[C@@H]1CNCCN1CC(=O)NCc1ccccc1Cn1cccn1.Cl.Cl. The van der Waals surface area contributed by atoms with E-state index < -0.39 is 0 Å². The van der Waals surface area contributed by atoms with Crippen LogP contribution >= 0.6 is 24.8 Å². The molecule has 0 radical (unpaired) electrons. The number of hydrogen-bond donors (Lipinski definition) is 2. The van der Waals surface area contributed by atoms with Gasteiger partial charge in [-0.15, -0.1) is 24.8 Å². The van der Waals surface area contributed by atoms with Crippen LogP contribution in [0.1, 0.15) is 18.1 Å². The average molecular weight is 400 g/mol. The van der Waals surface area contributed by atoms with Gasteiger partial charge < -0.3 is 10.6 Å². The summed E-state index contributed by atoms with van der Waals surface area (Å²) in [5.74, 6) is 0.0812. The molecule has 3 rings (SSSR count). The van der Waals surface area contributed by atoms with E-state index in [0.29, 0.717) is 25.7 Å². The van der Waals surface area contributed by atoms with E-state index in [9.17, 15) is 4.79 Å². The van der Waals surface area contributed by atoms with Gasteiger partial charge >= 0.3 is 0 Å². The number of nitrogens with one attached hydrogen (secondary N) is 2. The van der Waals surface area contributed by atoms with Crippen molar-refractivity contribution in [3.05, 3.63) is 53.9 Å². The molecule has 0 unspecified atom stereocenters. The quantitative estimate of drug-likeness (QED) is 0.775. The van der Waals surface area contributed by atoms with Crippen LogP contribution in [0.3, 0.4) is 0 Å². The minimum absolute atomic E-state index is 0. The second kappa shape index (κ2) is 11.2. The molecule has 0 aliphatic carbocycles. The first-order valence-corrected chi connectivity index (χ1v) is 8.48. The summed E-state index contributed by atoms with van der Waals surface area (Å²) in [6.45, 7) is 6.70. The first-order valence-electron chi connectivity index (χ1n) is 8.48. The third-order valence-electron chi connectivity index (χ3n) is 4.47. The third kappa shape index (κ3) is 6.29. The number of piperazine rings is 1. The smallest absolute Gasteiger partial charge is 0.234 e. The van der Waals surface area contributed by atoms with E-state index in [1.54, 1.807) is 6.20 Å². The Morgan fingerprint density at radius 1 is 1.27 bits per heavy atom. The van der Waals surface area contributed by atoms with Gasteiger partial charge in [-0.25, -0.2) is 0 Å². The Morgan fingerprint density at radius 3 is 2.73 bits per heavy atom. The highest BCUT2D eigenvalue weighted by molar-refractivity contribution is 5.85. The average Bonchev–Trinajstić information content (AvgIpc) is 3.09. The fraction of sp³-hybridized carbons (Fsp3) is 0.444. The van der Waals surface area contributed by atoms with E-state index in [4.69, 9.17) is 0 Å². The zero-order valence-corrected chi connectivity index (χ0v) is 16.6. The largest absolute Gasteiger partial charge is 0.351 e. The van der Waals surface area contributed by atoms with Gasteiger partial charge in [-0.1, -0.05) is 24.3 Å². The van der Waals surface area contributed by atoms with E-state index in [2.05, 4.69) is 39.7 Å². The van der Waals surface area contributed by atoms with Crippen molar-refractivity contribution in [2.45, 2.75) is 26.1 Å². The van der Waals surface area contributed by atoms with Crippen LogP contribution in [0.15, 0.2) is 42.7 Å². The lowest BCUT2D eigenvalue weighted by molar-refractivity contribution is -0.123. The van der Waals surface area contributed by atoms with Crippen LogP contribution in [0, 0.1) is 0 Å². The van der Waals surface area contributed by atoms with Gasteiger partial charge in [0.05, 0.1) is 13.1 Å². The lowest BCUT2D eigenvalue weighted by Crippen LogP contribution is -2.52. The second-order valence-electron chi connectivity index (χ2n) is 6.27. The molecule has 26 heavy (non-hydrogen) atoms. The number of halogens is 2. The van der Waals surface area contributed by atoms with Gasteiger partial charge in [-0.3, -0.25) is 14.4 Å². The summed E-state index contributed by atoms with van der Waals surface area (Å²) in [6.07, 6.45) is 3.72. The van der Waals surface area contributed by atoms with Gasteiger partial charge in [-0.05, 0) is 24.1 Å². The maximum atomic E-state index is 12.3. The van der Waals surface area contributed by atoms with Crippen LogP contribution in [-0.4, -0.2) is 52.8 Å². The molecule has 0 spiro atoms. The monoisotopic (exact) mass is 399 g/mol. The standard InChI is InChI=1S/C18H25N5O.2ClH/c1-15-11-19-8-10-22(15)14-18(24)20-12-16-5-2-3-6-17(16)13-23-9-4-7-21-23;;/h2-7,9,15,19H,8,10-14H2,1H3,(H,20,24);2*1H/t15-;;/m1../s1. The van der Waals surface area contributed by atoms with Gasteiger partial charge in [0.2, 0.25) is 5.91 Å². The van der Waals surface area contributed by atoms with Gasteiger partial charge in [0.25, 0.3) is 0 Å². The van der Waals surface area contributed by atoms with Crippen LogP contribution in [0.2, 0.25) is 0 Å². The molecule has 1 amide bonds. The molecule has 1 aliphatic heterocycles. The number of carbonyl (C=O) groups excluding carboxylic acids is 1. The van der Waals surface area contributed by atoms with E-state index in [1.165, 1.54) is 5.56 Å². The zero-order valence-electron chi connectivity index (χ0n) is 14.9. The van der Waals surface area contributed by atoms with Crippen LogP contribution in [0.4, 0.5) is 0 Å². The van der Waals surface area contributed by atoms with E-state index >= 15 is 0 Å². The van der Waals surface area contributed by atoms with Crippen LogP contribution in [0.5, 0.6) is 0 Å². The number of amides is 1. The van der Waals surface area contributed by atoms with Gasteiger partial charge in [-0.2, -0.15) is 5.10 Å². The summed E-state index contributed by atoms with van der Waals surface area (Å²) in [5.41, 5.74) is 2.31. The Hall–Kier alpha value is -1.60. The highest BCUT2D eigenvalue weighted by atomic mass is 35.5. The molecule has 1 saturated heterocycles. The Kier molecular flexibility index (Phi) is 9.65. The summed E-state index contributed by atoms with van der Waals surface area (Å²) >= 11 is 0. The topological polar surface area (TPSA) is 62.2 Å².